The van der Waals surface area contributed by atoms with E-state index in [1.54, 1.807) is 6.92 Å². The number of thiazole rings is 1. The number of hydrogen-bond acceptors (Lipinski definition) is 3. The van der Waals surface area contributed by atoms with Crippen LogP contribution in [0.4, 0.5) is 22.7 Å². The summed E-state index contributed by atoms with van der Waals surface area (Å²) in [5.74, 6) is -1.32. The summed E-state index contributed by atoms with van der Waals surface area (Å²) in [6.07, 6.45) is -4.73. The van der Waals surface area contributed by atoms with Crippen molar-refractivity contribution in [3.8, 4) is 11.3 Å². The van der Waals surface area contributed by atoms with Gasteiger partial charge in [-0.25, -0.2) is 9.37 Å². The summed E-state index contributed by atoms with van der Waals surface area (Å²) in [5, 5.41) is 0.194. The molecule has 0 amide bonds. The molecular weight excluding hydrogens is 304 g/mol. The second-order valence-electron chi connectivity index (χ2n) is 3.62. The molecule has 0 aliphatic heterocycles. The fourth-order valence-electron chi connectivity index (χ4n) is 1.60. The van der Waals surface area contributed by atoms with Gasteiger partial charge < -0.3 is 5.73 Å². The van der Waals surface area contributed by atoms with Crippen LogP contribution in [0.5, 0.6) is 0 Å². The van der Waals surface area contributed by atoms with Gasteiger partial charge in [0.05, 0.1) is 11.3 Å². The van der Waals surface area contributed by atoms with Gasteiger partial charge in [-0.3, -0.25) is 0 Å². The minimum Gasteiger partial charge on any atom is -0.375 e. The molecule has 0 aliphatic rings. The van der Waals surface area contributed by atoms with Crippen molar-refractivity contribution in [3.05, 3.63) is 34.5 Å². The lowest BCUT2D eigenvalue weighted by Gasteiger charge is -2.10. The predicted molar refractivity (Wildman–Crippen MR) is 68.9 cm³/mol. The molecular formula is C11H9ClF4N2S. The number of benzene rings is 1. The van der Waals surface area contributed by atoms with Crippen molar-refractivity contribution in [1.29, 1.82) is 0 Å². The van der Waals surface area contributed by atoms with E-state index in [1.807, 2.05) is 0 Å². The zero-order chi connectivity index (χ0) is 13.5. The first kappa shape index (κ1) is 15.7. The molecule has 0 radical (unpaired) electrons. The third-order valence-electron chi connectivity index (χ3n) is 2.37. The van der Waals surface area contributed by atoms with Crippen LogP contribution in [-0.2, 0) is 6.18 Å². The van der Waals surface area contributed by atoms with Gasteiger partial charge in [-0.2, -0.15) is 13.2 Å². The Morgan fingerprint density at radius 2 is 1.89 bits per heavy atom. The number of anilines is 1. The maximum atomic E-state index is 13.8. The molecule has 104 valence electrons. The normalized spacial score (nSPS) is 11.2. The van der Waals surface area contributed by atoms with Crippen LogP contribution in [0, 0.1) is 12.7 Å². The molecule has 19 heavy (non-hydrogen) atoms. The van der Waals surface area contributed by atoms with Crippen LogP contribution in [0.3, 0.4) is 0 Å². The van der Waals surface area contributed by atoms with E-state index in [0.717, 1.165) is 17.4 Å². The predicted octanol–water partition coefficient (Wildman–Crippen LogP) is 4.28. The minimum atomic E-state index is -4.73. The van der Waals surface area contributed by atoms with Crippen LogP contribution >= 0.6 is 23.7 Å². The van der Waals surface area contributed by atoms with Gasteiger partial charge in [0, 0.05) is 10.4 Å². The summed E-state index contributed by atoms with van der Waals surface area (Å²) in [6, 6.07) is 3.10. The van der Waals surface area contributed by atoms with Gasteiger partial charge in [0.1, 0.15) is 5.82 Å². The molecule has 0 bridgehead atoms. The van der Waals surface area contributed by atoms with E-state index in [-0.39, 0.29) is 28.8 Å². The van der Waals surface area contributed by atoms with Crippen LogP contribution in [0.25, 0.3) is 11.3 Å². The van der Waals surface area contributed by atoms with Crippen LogP contribution in [-0.4, -0.2) is 4.98 Å². The summed E-state index contributed by atoms with van der Waals surface area (Å²) in [5.41, 5.74) is 4.12. The Morgan fingerprint density at radius 3 is 2.37 bits per heavy atom. The number of nitrogen functional groups attached to an aromatic ring is 1. The maximum Gasteiger partial charge on any atom is 0.419 e. The lowest BCUT2D eigenvalue weighted by atomic mass is 10.1. The van der Waals surface area contributed by atoms with Crippen molar-refractivity contribution >= 4 is 28.9 Å². The summed E-state index contributed by atoms with van der Waals surface area (Å²) < 4.78 is 51.6. The highest BCUT2D eigenvalue weighted by atomic mass is 35.5. The summed E-state index contributed by atoms with van der Waals surface area (Å²) in [4.78, 5) is 4.43. The fourth-order valence-corrected chi connectivity index (χ4v) is 2.30. The molecule has 2 N–H and O–H groups in total. The van der Waals surface area contributed by atoms with Crippen molar-refractivity contribution in [2.24, 2.45) is 0 Å². The summed E-state index contributed by atoms with van der Waals surface area (Å²) in [6.45, 7) is 1.63. The highest BCUT2D eigenvalue weighted by Crippen LogP contribution is 2.37. The SMILES string of the molecule is Cc1sc(N)nc1-c1cccc(C(F)(F)F)c1F.Cl. The van der Waals surface area contributed by atoms with E-state index in [1.165, 1.54) is 6.07 Å². The molecule has 0 spiro atoms. The molecule has 2 aromatic rings. The van der Waals surface area contributed by atoms with Crippen LogP contribution in [0.15, 0.2) is 18.2 Å². The van der Waals surface area contributed by atoms with Gasteiger partial charge in [0.2, 0.25) is 0 Å². The maximum absolute atomic E-state index is 13.8. The number of hydrogen-bond donors (Lipinski definition) is 1. The molecule has 2 nitrogen and oxygen atoms in total. The van der Waals surface area contributed by atoms with E-state index in [2.05, 4.69) is 4.98 Å². The van der Waals surface area contributed by atoms with Crippen molar-refractivity contribution < 1.29 is 17.6 Å². The molecule has 0 unspecified atom stereocenters. The van der Waals surface area contributed by atoms with E-state index < -0.39 is 17.6 Å². The number of nitrogens with zero attached hydrogens (tertiary/aromatic N) is 1. The van der Waals surface area contributed by atoms with E-state index >= 15 is 0 Å². The standard InChI is InChI=1S/C11H8F4N2S.ClH/c1-5-9(17-10(16)18-5)6-3-2-4-7(8(6)12)11(13,14)15;/h2-4H,1H3,(H2,16,17);1H. The van der Waals surface area contributed by atoms with Gasteiger partial charge in [0.15, 0.2) is 5.13 Å². The number of alkyl halides is 3. The van der Waals surface area contributed by atoms with Crippen LogP contribution < -0.4 is 5.73 Å². The fraction of sp³-hybridized carbons (Fsp3) is 0.182. The Kier molecular flexibility index (Phi) is 4.42. The first-order valence-corrected chi connectivity index (χ1v) is 5.71. The largest absolute Gasteiger partial charge is 0.419 e. The van der Waals surface area contributed by atoms with Gasteiger partial charge in [-0.05, 0) is 19.1 Å². The quantitative estimate of drug-likeness (QED) is 0.798. The second kappa shape index (κ2) is 5.34. The van der Waals surface area contributed by atoms with Gasteiger partial charge in [-0.1, -0.05) is 6.07 Å². The smallest absolute Gasteiger partial charge is 0.375 e. The molecule has 0 aliphatic carbocycles. The highest BCUT2D eigenvalue weighted by molar-refractivity contribution is 7.15. The van der Waals surface area contributed by atoms with Crippen LogP contribution in [0.2, 0.25) is 0 Å². The Morgan fingerprint density at radius 1 is 1.26 bits per heavy atom. The van der Waals surface area contributed by atoms with Gasteiger partial charge in [-0.15, -0.1) is 23.7 Å². The van der Waals surface area contributed by atoms with Gasteiger partial charge >= 0.3 is 6.18 Å². The Bertz CT molecular complexity index is 595. The monoisotopic (exact) mass is 312 g/mol. The lowest BCUT2D eigenvalue weighted by molar-refractivity contribution is -0.139. The lowest BCUT2D eigenvalue weighted by Crippen LogP contribution is -2.08. The topological polar surface area (TPSA) is 38.9 Å². The Balaban J connectivity index is 0.00000180. The number of halogens is 5. The molecule has 8 heteroatoms. The highest BCUT2D eigenvalue weighted by Gasteiger charge is 2.35. The Hall–Kier alpha value is -1.34. The number of nitrogens with two attached hydrogens (primary N) is 1. The summed E-state index contributed by atoms with van der Waals surface area (Å²) >= 11 is 1.10. The molecule has 0 saturated carbocycles. The van der Waals surface area contributed by atoms with Crippen LogP contribution in [0.1, 0.15) is 10.4 Å². The third-order valence-corrected chi connectivity index (χ3v) is 3.17. The molecule has 1 aromatic heterocycles. The van der Waals surface area contributed by atoms with Crippen molar-refractivity contribution in [2.45, 2.75) is 13.1 Å². The summed E-state index contributed by atoms with van der Waals surface area (Å²) in [7, 11) is 0. The number of aromatic nitrogens is 1. The molecule has 1 heterocycles. The average molecular weight is 313 g/mol. The number of aryl methyl sites for hydroxylation is 1. The molecule has 2 rings (SSSR count). The molecule has 0 atom stereocenters. The minimum absolute atomic E-state index is 0. The van der Waals surface area contributed by atoms with Crippen molar-refractivity contribution in [3.63, 3.8) is 0 Å². The van der Waals surface area contributed by atoms with Crippen molar-refractivity contribution in [2.75, 3.05) is 5.73 Å². The molecule has 1 aromatic carbocycles. The zero-order valence-electron chi connectivity index (χ0n) is 9.58. The first-order valence-electron chi connectivity index (χ1n) is 4.89. The van der Waals surface area contributed by atoms with E-state index in [4.69, 9.17) is 5.73 Å². The van der Waals surface area contributed by atoms with E-state index in [0.29, 0.717) is 10.9 Å². The zero-order valence-corrected chi connectivity index (χ0v) is 11.2. The molecule has 0 fully saturated rings. The average Bonchev–Trinajstić information content (AvgIpc) is 2.56. The molecule has 0 saturated heterocycles. The van der Waals surface area contributed by atoms with E-state index in [9.17, 15) is 17.6 Å². The third kappa shape index (κ3) is 2.98. The second-order valence-corrected chi connectivity index (χ2v) is 4.86. The number of rotatable bonds is 1. The Labute approximate surface area is 116 Å². The first-order chi connectivity index (χ1) is 8.30. The van der Waals surface area contributed by atoms with Crippen molar-refractivity contribution in [1.82, 2.24) is 4.98 Å². The van der Waals surface area contributed by atoms with Gasteiger partial charge in [0.25, 0.3) is 0 Å².